The van der Waals surface area contributed by atoms with Crippen molar-refractivity contribution in [1.82, 2.24) is 0 Å². The van der Waals surface area contributed by atoms with Crippen LogP contribution in [0.2, 0.25) is 0 Å². The van der Waals surface area contributed by atoms with E-state index in [1.807, 2.05) is 13.0 Å². The third-order valence-corrected chi connectivity index (χ3v) is 3.79. The van der Waals surface area contributed by atoms with Gasteiger partial charge in [-0.25, -0.2) is 0 Å². The van der Waals surface area contributed by atoms with Gasteiger partial charge in [0.1, 0.15) is 30.2 Å². The van der Waals surface area contributed by atoms with Crippen LogP contribution >= 0.6 is 0 Å². The Hall–Kier alpha value is -1.22. The Morgan fingerprint density at radius 1 is 1.18 bits per heavy atom. The number of aliphatic hydroxyl groups excluding tert-OH is 5. The molecular weight excluding hydrogens is 292 g/mol. The summed E-state index contributed by atoms with van der Waals surface area (Å²) in [6.45, 7) is 2.87. The van der Waals surface area contributed by atoms with Crippen LogP contribution < -0.4 is 4.74 Å². The second-order valence-electron chi connectivity index (χ2n) is 5.48. The monoisotopic (exact) mass is 314 g/mol. The zero-order chi connectivity index (χ0) is 16.4. The Kier molecular flexibility index (Phi) is 5.38. The van der Waals surface area contributed by atoms with Gasteiger partial charge in [0.25, 0.3) is 0 Å². The predicted molar refractivity (Wildman–Crippen MR) is 76.2 cm³/mol. The number of aryl methyl sites for hydroxylation is 1. The van der Waals surface area contributed by atoms with Gasteiger partial charge in [-0.3, -0.25) is 0 Å². The second kappa shape index (κ2) is 6.91. The summed E-state index contributed by atoms with van der Waals surface area (Å²) in [6.07, 6.45) is -7.52. The van der Waals surface area contributed by atoms with Crippen LogP contribution in [-0.4, -0.2) is 62.8 Å². The van der Waals surface area contributed by atoms with Crippen LogP contribution in [0, 0.1) is 6.92 Å². The molecule has 0 bridgehead atoms. The molecular formula is C15H22O7. The van der Waals surface area contributed by atoms with Crippen molar-refractivity contribution < 1.29 is 35.0 Å². The summed E-state index contributed by atoms with van der Waals surface area (Å²) in [6, 6.07) is 5.14. The van der Waals surface area contributed by atoms with Crippen molar-refractivity contribution >= 4 is 0 Å². The van der Waals surface area contributed by atoms with E-state index in [1.54, 1.807) is 19.1 Å². The first kappa shape index (κ1) is 17.1. The molecule has 1 fully saturated rings. The molecule has 0 unspecified atom stereocenters. The van der Waals surface area contributed by atoms with Crippen LogP contribution in [0.25, 0.3) is 0 Å². The number of hydrogen-bond donors (Lipinski definition) is 5. The Bertz CT molecular complexity index is 503. The van der Waals surface area contributed by atoms with E-state index < -0.39 is 43.4 Å². The van der Waals surface area contributed by atoms with Gasteiger partial charge in [-0.1, -0.05) is 12.1 Å². The molecule has 22 heavy (non-hydrogen) atoms. The highest BCUT2D eigenvalue weighted by Gasteiger charge is 2.44. The number of aliphatic hydroxyl groups is 5. The molecule has 0 radical (unpaired) electrons. The summed E-state index contributed by atoms with van der Waals surface area (Å²) in [5.41, 5.74) is 1.34. The second-order valence-corrected chi connectivity index (χ2v) is 5.48. The van der Waals surface area contributed by atoms with Crippen molar-refractivity contribution in [1.29, 1.82) is 0 Å². The molecule has 7 heteroatoms. The van der Waals surface area contributed by atoms with Crippen LogP contribution in [0.3, 0.4) is 0 Å². The van der Waals surface area contributed by atoms with Crippen molar-refractivity contribution in [3.63, 3.8) is 0 Å². The van der Waals surface area contributed by atoms with E-state index in [9.17, 15) is 20.4 Å². The van der Waals surface area contributed by atoms with Crippen LogP contribution in [0.15, 0.2) is 18.2 Å². The number of hydrogen-bond acceptors (Lipinski definition) is 7. The van der Waals surface area contributed by atoms with Gasteiger partial charge in [-0.05, 0) is 25.5 Å². The first-order chi connectivity index (χ1) is 10.4. The van der Waals surface area contributed by atoms with E-state index in [2.05, 4.69) is 0 Å². The Morgan fingerprint density at radius 3 is 2.45 bits per heavy atom. The van der Waals surface area contributed by atoms with Crippen LogP contribution in [-0.2, 0) is 4.74 Å². The van der Waals surface area contributed by atoms with Crippen molar-refractivity contribution in [2.24, 2.45) is 0 Å². The highest BCUT2D eigenvalue weighted by Crippen LogP contribution is 2.31. The van der Waals surface area contributed by atoms with E-state index in [-0.39, 0.29) is 0 Å². The van der Waals surface area contributed by atoms with E-state index in [0.29, 0.717) is 11.3 Å². The lowest BCUT2D eigenvalue weighted by molar-refractivity contribution is -0.277. The van der Waals surface area contributed by atoms with E-state index in [0.717, 1.165) is 5.56 Å². The van der Waals surface area contributed by atoms with E-state index >= 15 is 0 Å². The fourth-order valence-corrected chi connectivity index (χ4v) is 2.58. The Labute approximate surface area is 128 Å². The number of rotatable bonds is 4. The number of ether oxygens (including phenoxy) is 2. The summed E-state index contributed by atoms with van der Waals surface area (Å²) in [7, 11) is 0. The molecule has 0 spiro atoms. The van der Waals surface area contributed by atoms with Crippen LogP contribution in [0.1, 0.15) is 24.2 Å². The molecule has 2 rings (SSSR count). The maximum atomic E-state index is 9.98. The maximum Gasteiger partial charge on any atom is 0.229 e. The Morgan fingerprint density at radius 2 is 1.86 bits per heavy atom. The zero-order valence-electron chi connectivity index (χ0n) is 12.5. The molecule has 124 valence electrons. The summed E-state index contributed by atoms with van der Waals surface area (Å²) < 4.78 is 10.9. The summed E-state index contributed by atoms with van der Waals surface area (Å²) in [5.74, 6) is 0.305. The van der Waals surface area contributed by atoms with Crippen LogP contribution in [0.5, 0.6) is 5.75 Å². The van der Waals surface area contributed by atoms with E-state index in [4.69, 9.17) is 14.6 Å². The first-order valence-electron chi connectivity index (χ1n) is 7.11. The maximum absolute atomic E-state index is 9.98. The minimum Gasteiger partial charge on any atom is -0.462 e. The van der Waals surface area contributed by atoms with Gasteiger partial charge in [0.15, 0.2) is 0 Å². The van der Waals surface area contributed by atoms with Crippen molar-refractivity contribution in [2.45, 2.75) is 50.7 Å². The standard InChI is InChI=1S/C15H22O7/c1-7-4-3-5-9(11(7)8(2)17)21-15-14(20)13(19)12(18)10(6-16)22-15/h3-5,8,10,12-20H,6H2,1-2H3/t8-,10-,12-,13+,14-,15-/m1/s1. The quantitative estimate of drug-likeness (QED) is 0.495. The van der Waals surface area contributed by atoms with Gasteiger partial charge in [-0.15, -0.1) is 0 Å². The molecule has 1 aromatic rings. The molecule has 7 nitrogen and oxygen atoms in total. The minimum atomic E-state index is -1.50. The topological polar surface area (TPSA) is 120 Å². The molecule has 1 aliphatic rings. The highest BCUT2D eigenvalue weighted by molar-refractivity contribution is 5.41. The van der Waals surface area contributed by atoms with Gasteiger partial charge in [-0.2, -0.15) is 0 Å². The molecule has 1 heterocycles. The molecule has 1 aliphatic heterocycles. The highest BCUT2D eigenvalue weighted by atomic mass is 16.7. The van der Waals surface area contributed by atoms with Gasteiger partial charge in [0.05, 0.1) is 12.7 Å². The largest absolute Gasteiger partial charge is 0.462 e. The summed E-state index contributed by atoms with van der Waals surface area (Å²) >= 11 is 0. The molecule has 1 saturated heterocycles. The van der Waals surface area contributed by atoms with Crippen molar-refractivity contribution in [2.75, 3.05) is 6.61 Å². The lowest BCUT2D eigenvalue weighted by Crippen LogP contribution is -2.60. The number of benzene rings is 1. The first-order valence-corrected chi connectivity index (χ1v) is 7.11. The smallest absolute Gasteiger partial charge is 0.229 e. The van der Waals surface area contributed by atoms with Gasteiger partial charge < -0.3 is 35.0 Å². The third-order valence-electron chi connectivity index (χ3n) is 3.79. The third kappa shape index (κ3) is 3.24. The average Bonchev–Trinajstić information content (AvgIpc) is 2.47. The van der Waals surface area contributed by atoms with E-state index in [1.165, 1.54) is 0 Å². The molecule has 6 atom stereocenters. The lowest BCUT2D eigenvalue weighted by atomic mass is 9.99. The van der Waals surface area contributed by atoms with Crippen molar-refractivity contribution in [3.8, 4) is 5.75 Å². The van der Waals surface area contributed by atoms with Gasteiger partial charge >= 0.3 is 0 Å². The molecule has 0 aliphatic carbocycles. The molecule has 0 amide bonds. The minimum absolute atomic E-state index is 0.305. The summed E-state index contributed by atoms with van der Waals surface area (Å²) in [5, 5.41) is 48.5. The summed E-state index contributed by atoms with van der Waals surface area (Å²) in [4.78, 5) is 0. The molecule has 0 saturated carbocycles. The predicted octanol–water partition coefficient (Wildman–Crippen LogP) is -0.773. The zero-order valence-corrected chi connectivity index (χ0v) is 12.5. The van der Waals surface area contributed by atoms with Gasteiger partial charge in [0, 0.05) is 5.56 Å². The lowest BCUT2D eigenvalue weighted by Gasteiger charge is -2.39. The van der Waals surface area contributed by atoms with Gasteiger partial charge in [0.2, 0.25) is 6.29 Å². The molecule has 1 aromatic carbocycles. The normalized spacial score (nSPS) is 33.5. The molecule has 5 N–H and O–H groups in total. The SMILES string of the molecule is Cc1cccc(O[C@@H]2O[C@H](CO)[C@@H](O)[C@H](O)[C@H]2O)c1[C@@H](C)O. The fraction of sp³-hybridized carbons (Fsp3) is 0.600. The average molecular weight is 314 g/mol. The van der Waals surface area contributed by atoms with Crippen LogP contribution in [0.4, 0.5) is 0 Å². The molecule has 0 aromatic heterocycles. The van der Waals surface area contributed by atoms with Crippen molar-refractivity contribution in [3.05, 3.63) is 29.3 Å². The fourth-order valence-electron chi connectivity index (χ4n) is 2.58. The Balaban J connectivity index is 2.25.